The van der Waals surface area contributed by atoms with Crippen molar-refractivity contribution in [2.45, 2.75) is 85.1 Å². The fraction of sp³-hybridized carbons (Fsp3) is 0.484. The minimum absolute atomic E-state index is 0.0476. The van der Waals surface area contributed by atoms with Crippen molar-refractivity contribution in [1.82, 2.24) is 0 Å². The third-order valence-corrected chi connectivity index (χ3v) is 7.10. The van der Waals surface area contributed by atoms with Gasteiger partial charge in [0, 0.05) is 24.1 Å². The maximum Gasteiger partial charge on any atom is 0.227 e. The van der Waals surface area contributed by atoms with Crippen LogP contribution in [0.15, 0.2) is 59.8 Å². The molecule has 1 atom stereocenters. The number of unbranched alkanes of at least 4 members (excludes halogenated alkanes) is 3. The second kappa shape index (κ2) is 11.3. The summed E-state index contributed by atoms with van der Waals surface area (Å²) in [4.78, 5) is 29.6. The molecule has 0 unspecified atom stereocenters. The van der Waals surface area contributed by atoms with Crippen LogP contribution in [0.1, 0.15) is 90.7 Å². The molecule has 36 heavy (non-hydrogen) atoms. The van der Waals surface area contributed by atoms with Gasteiger partial charge in [-0.05, 0) is 54.5 Å². The van der Waals surface area contributed by atoms with E-state index in [2.05, 4.69) is 33.0 Å². The van der Waals surface area contributed by atoms with Crippen molar-refractivity contribution in [3.8, 4) is 5.75 Å². The summed E-state index contributed by atoms with van der Waals surface area (Å²) in [6, 6.07) is 15.4. The summed E-state index contributed by atoms with van der Waals surface area (Å²) in [5.74, 6) is 0.928. The molecule has 4 rings (SSSR count). The number of carbonyl (C=O) groups is 2. The molecule has 0 radical (unpaired) electrons. The Bertz CT molecular complexity index is 1130. The first-order valence-electron chi connectivity index (χ1n) is 13.5. The van der Waals surface area contributed by atoms with E-state index in [1.807, 2.05) is 53.4 Å². The number of amides is 1. The molecule has 2 aromatic rings. The Hall–Kier alpha value is -3.08. The highest BCUT2D eigenvalue weighted by atomic mass is 16.5. The van der Waals surface area contributed by atoms with Crippen LogP contribution < -0.4 is 15.0 Å². The van der Waals surface area contributed by atoms with Gasteiger partial charge in [-0.2, -0.15) is 0 Å². The van der Waals surface area contributed by atoms with E-state index in [1.165, 1.54) is 0 Å². The Morgan fingerprint density at radius 3 is 2.58 bits per heavy atom. The normalized spacial score (nSPS) is 18.7. The maximum atomic E-state index is 13.9. The number of allylic oxidation sites excluding steroid dienone is 1. The molecule has 1 aliphatic carbocycles. The minimum atomic E-state index is -0.497. The lowest BCUT2D eigenvalue weighted by Crippen LogP contribution is -2.39. The molecule has 1 heterocycles. The van der Waals surface area contributed by atoms with E-state index in [4.69, 9.17) is 4.74 Å². The number of para-hydroxylation sites is 2. The van der Waals surface area contributed by atoms with Gasteiger partial charge in [0.15, 0.2) is 5.78 Å². The highest BCUT2D eigenvalue weighted by Gasteiger charge is 2.43. The zero-order chi connectivity index (χ0) is 25.7. The molecule has 5 nitrogen and oxygen atoms in total. The van der Waals surface area contributed by atoms with Gasteiger partial charge in [-0.25, -0.2) is 0 Å². The van der Waals surface area contributed by atoms with Gasteiger partial charge in [-0.3, -0.25) is 14.5 Å². The van der Waals surface area contributed by atoms with Gasteiger partial charge in [-0.15, -0.1) is 0 Å². The van der Waals surface area contributed by atoms with E-state index in [-0.39, 0.29) is 17.1 Å². The van der Waals surface area contributed by atoms with Crippen molar-refractivity contribution in [1.29, 1.82) is 0 Å². The standard InChI is InChI=1S/C31H40N2O3/c1-5-7-9-17-28(35)33-26-16-11-10-15-24(26)32-25-20-31(3,4)21-27(34)29(25)30(33)22-13-12-14-23(19-22)36-18-8-6-2/h10-16,19,30,32H,5-9,17-18,20-21H2,1-4H3/t30-/m0/s1. The van der Waals surface area contributed by atoms with E-state index >= 15 is 0 Å². The van der Waals surface area contributed by atoms with E-state index < -0.39 is 6.04 Å². The fourth-order valence-corrected chi connectivity index (χ4v) is 5.33. The van der Waals surface area contributed by atoms with Crippen LogP contribution in [0, 0.1) is 5.41 Å². The van der Waals surface area contributed by atoms with Crippen molar-refractivity contribution in [3.63, 3.8) is 0 Å². The van der Waals surface area contributed by atoms with Crippen molar-refractivity contribution < 1.29 is 14.3 Å². The number of nitrogens with one attached hydrogen (secondary N) is 1. The average Bonchev–Trinajstić information content (AvgIpc) is 2.98. The summed E-state index contributed by atoms with van der Waals surface area (Å²) in [7, 11) is 0. The van der Waals surface area contributed by atoms with Gasteiger partial charge >= 0.3 is 0 Å². The number of rotatable bonds is 9. The van der Waals surface area contributed by atoms with Gasteiger partial charge in [0.25, 0.3) is 0 Å². The van der Waals surface area contributed by atoms with Gasteiger partial charge in [0.05, 0.1) is 24.0 Å². The molecule has 2 aromatic carbocycles. The van der Waals surface area contributed by atoms with Crippen LogP contribution in [0.4, 0.5) is 11.4 Å². The quantitative estimate of drug-likeness (QED) is 0.369. The summed E-state index contributed by atoms with van der Waals surface area (Å²) in [5.41, 5.74) is 4.09. The van der Waals surface area contributed by atoms with Gasteiger partial charge in [0.1, 0.15) is 5.75 Å². The Labute approximate surface area is 215 Å². The Morgan fingerprint density at radius 2 is 1.81 bits per heavy atom. The number of ketones is 1. The number of anilines is 2. The van der Waals surface area contributed by atoms with E-state index in [0.29, 0.717) is 25.0 Å². The lowest BCUT2D eigenvalue weighted by molar-refractivity contribution is -0.119. The van der Waals surface area contributed by atoms with Gasteiger partial charge < -0.3 is 10.1 Å². The number of Topliss-reactive ketones (excluding diaryl/α,β-unsaturated/α-hetero) is 1. The predicted molar refractivity (Wildman–Crippen MR) is 146 cm³/mol. The highest BCUT2D eigenvalue weighted by molar-refractivity contribution is 6.06. The summed E-state index contributed by atoms with van der Waals surface area (Å²) in [6.45, 7) is 9.20. The summed E-state index contributed by atoms with van der Waals surface area (Å²) in [6.07, 6.45) is 6.60. The lowest BCUT2D eigenvalue weighted by atomic mass is 9.73. The van der Waals surface area contributed by atoms with Gasteiger partial charge in [0.2, 0.25) is 5.91 Å². The van der Waals surface area contributed by atoms with Crippen LogP contribution in [0.3, 0.4) is 0 Å². The molecule has 0 saturated carbocycles. The van der Waals surface area contributed by atoms with E-state index in [9.17, 15) is 9.59 Å². The largest absolute Gasteiger partial charge is 0.494 e. The molecule has 0 spiro atoms. The van der Waals surface area contributed by atoms with Crippen molar-refractivity contribution in [3.05, 3.63) is 65.4 Å². The van der Waals surface area contributed by atoms with Crippen molar-refractivity contribution in [2.24, 2.45) is 5.41 Å². The first-order valence-corrected chi connectivity index (χ1v) is 13.5. The number of fused-ring (bicyclic) bond motifs is 1. The summed E-state index contributed by atoms with van der Waals surface area (Å²) < 4.78 is 6.03. The number of benzene rings is 2. The second-order valence-corrected chi connectivity index (χ2v) is 10.9. The average molecular weight is 489 g/mol. The first-order chi connectivity index (χ1) is 17.3. The number of hydrogen-bond acceptors (Lipinski definition) is 4. The summed E-state index contributed by atoms with van der Waals surface area (Å²) in [5, 5.41) is 3.59. The molecule has 0 saturated heterocycles. The van der Waals surface area contributed by atoms with Crippen LogP contribution in [0.5, 0.6) is 5.75 Å². The van der Waals surface area contributed by atoms with Crippen LogP contribution >= 0.6 is 0 Å². The molecule has 1 N–H and O–H groups in total. The number of ether oxygens (including phenoxy) is 1. The monoisotopic (exact) mass is 488 g/mol. The molecular weight excluding hydrogens is 448 g/mol. The second-order valence-electron chi connectivity index (χ2n) is 10.9. The predicted octanol–water partition coefficient (Wildman–Crippen LogP) is 7.59. The van der Waals surface area contributed by atoms with Crippen LogP contribution in [0.2, 0.25) is 0 Å². The van der Waals surface area contributed by atoms with Gasteiger partial charge in [-0.1, -0.05) is 71.2 Å². The van der Waals surface area contributed by atoms with Crippen LogP contribution in [0.25, 0.3) is 0 Å². The minimum Gasteiger partial charge on any atom is -0.494 e. The number of nitrogens with zero attached hydrogens (tertiary/aromatic N) is 1. The zero-order valence-electron chi connectivity index (χ0n) is 22.2. The Balaban J connectivity index is 1.87. The third kappa shape index (κ3) is 5.66. The molecule has 0 fully saturated rings. The van der Waals surface area contributed by atoms with Crippen LogP contribution in [-0.2, 0) is 9.59 Å². The summed E-state index contributed by atoms with van der Waals surface area (Å²) >= 11 is 0. The molecular formula is C31H40N2O3. The zero-order valence-corrected chi connectivity index (χ0v) is 22.2. The Kier molecular flexibility index (Phi) is 8.17. The molecule has 2 aliphatic rings. The molecule has 0 bridgehead atoms. The van der Waals surface area contributed by atoms with E-state index in [1.54, 1.807) is 0 Å². The molecule has 192 valence electrons. The SMILES string of the molecule is CCCCCC(=O)N1c2ccccc2NC2=C(C(=O)CC(C)(C)C2)[C@@H]1c1cccc(OCCCC)c1. The molecule has 1 aliphatic heterocycles. The van der Waals surface area contributed by atoms with E-state index in [0.717, 1.165) is 66.9 Å². The van der Waals surface area contributed by atoms with Crippen molar-refractivity contribution in [2.75, 3.05) is 16.8 Å². The maximum absolute atomic E-state index is 13.9. The number of hydrogen-bond donors (Lipinski definition) is 1. The highest BCUT2D eigenvalue weighted by Crippen LogP contribution is 2.48. The fourth-order valence-electron chi connectivity index (χ4n) is 5.33. The topological polar surface area (TPSA) is 58.6 Å². The smallest absolute Gasteiger partial charge is 0.227 e. The third-order valence-electron chi connectivity index (χ3n) is 7.10. The van der Waals surface area contributed by atoms with Crippen LogP contribution in [-0.4, -0.2) is 18.3 Å². The first kappa shape index (κ1) is 26.0. The van der Waals surface area contributed by atoms with Crippen molar-refractivity contribution >= 4 is 23.1 Å². The Morgan fingerprint density at radius 1 is 1.03 bits per heavy atom. The molecule has 0 aromatic heterocycles. The lowest BCUT2D eigenvalue weighted by Gasteiger charge is -2.37. The number of carbonyl (C=O) groups excluding carboxylic acids is 2. The molecule has 5 heteroatoms. The molecule has 1 amide bonds.